The molecule has 0 unspecified atom stereocenters. The zero-order chi connectivity index (χ0) is 21.2. The third-order valence-corrected chi connectivity index (χ3v) is 5.50. The second-order valence-electron chi connectivity index (χ2n) is 6.75. The SMILES string of the molecule is C[C@@H](Sc1nnc(-c2c[nH]c3ccccc23)o1)c1nc(N)nc(Nc2ccccc2)n1. The number of aromatic amines is 1. The van der Waals surface area contributed by atoms with Gasteiger partial charge in [-0.3, -0.25) is 0 Å². The van der Waals surface area contributed by atoms with Gasteiger partial charge in [0.2, 0.25) is 11.9 Å². The fraction of sp³-hybridized carbons (Fsp3) is 0.0952. The number of para-hydroxylation sites is 2. The summed E-state index contributed by atoms with van der Waals surface area (Å²) in [7, 11) is 0. The lowest BCUT2D eigenvalue weighted by atomic mass is 10.2. The van der Waals surface area contributed by atoms with Crippen LogP contribution >= 0.6 is 11.8 Å². The van der Waals surface area contributed by atoms with Gasteiger partial charge in [-0.15, -0.1) is 10.2 Å². The number of aromatic nitrogens is 6. The van der Waals surface area contributed by atoms with Crippen molar-refractivity contribution in [2.24, 2.45) is 0 Å². The average molecular weight is 430 g/mol. The normalized spacial score (nSPS) is 12.2. The first-order valence-electron chi connectivity index (χ1n) is 9.56. The van der Waals surface area contributed by atoms with Gasteiger partial charge in [0, 0.05) is 22.8 Å². The fourth-order valence-corrected chi connectivity index (χ4v) is 3.84. The molecule has 10 heteroatoms. The molecule has 0 fully saturated rings. The quantitative estimate of drug-likeness (QED) is 0.331. The first-order chi connectivity index (χ1) is 15.2. The number of anilines is 3. The van der Waals surface area contributed by atoms with Gasteiger partial charge in [0.15, 0.2) is 0 Å². The van der Waals surface area contributed by atoms with Crippen LogP contribution < -0.4 is 11.1 Å². The Kier molecular flexibility index (Phi) is 4.97. The number of nitrogens with two attached hydrogens (primary N) is 1. The highest BCUT2D eigenvalue weighted by atomic mass is 32.2. The van der Waals surface area contributed by atoms with Crippen molar-refractivity contribution in [3.63, 3.8) is 0 Å². The van der Waals surface area contributed by atoms with Crippen molar-refractivity contribution >= 4 is 40.2 Å². The lowest BCUT2D eigenvalue weighted by molar-refractivity contribution is 0.465. The predicted molar refractivity (Wildman–Crippen MR) is 120 cm³/mol. The van der Waals surface area contributed by atoms with E-state index in [4.69, 9.17) is 10.2 Å². The molecule has 0 radical (unpaired) electrons. The highest BCUT2D eigenvalue weighted by Crippen LogP contribution is 2.35. The molecule has 0 saturated heterocycles. The second kappa shape index (κ2) is 8.07. The fourth-order valence-electron chi connectivity index (χ4n) is 3.12. The summed E-state index contributed by atoms with van der Waals surface area (Å²) in [6.45, 7) is 1.95. The zero-order valence-electron chi connectivity index (χ0n) is 16.5. The largest absolute Gasteiger partial charge is 0.411 e. The van der Waals surface area contributed by atoms with Gasteiger partial charge in [0.05, 0.1) is 10.8 Å². The first-order valence-corrected chi connectivity index (χ1v) is 10.4. The van der Waals surface area contributed by atoms with Crippen LogP contribution in [0.25, 0.3) is 22.4 Å². The van der Waals surface area contributed by atoms with Crippen LogP contribution in [0, 0.1) is 0 Å². The minimum absolute atomic E-state index is 0.140. The van der Waals surface area contributed by atoms with Crippen molar-refractivity contribution in [2.45, 2.75) is 17.4 Å². The molecule has 0 aliphatic heterocycles. The predicted octanol–water partition coefficient (Wildman–Crippen LogP) is 4.58. The molecule has 0 aliphatic carbocycles. The number of nitrogens with one attached hydrogen (secondary N) is 2. The molecular formula is C21H18N8OS. The van der Waals surface area contributed by atoms with E-state index < -0.39 is 0 Å². The van der Waals surface area contributed by atoms with Crippen LogP contribution in [0.3, 0.4) is 0 Å². The maximum Gasteiger partial charge on any atom is 0.277 e. The van der Waals surface area contributed by atoms with Crippen LogP contribution in [-0.4, -0.2) is 30.1 Å². The van der Waals surface area contributed by atoms with E-state index in [0.717, 1.165) is 22.2 Å². The van der Waals surface area contributed by atoms with Gasteiger partial charge in [-0.2, -0.15) is 15.0 Å². The summed E-state index contributed by atoms with van der Waals surface area (Å²) in [5.74, 6) is 1.49. The third kappa shape index (κ3) is 4.05. The molecule has 0 spiro atoms. The molecule has 4 N–H and O–H groups in total. The van der Waals surface area contributed by atoms with Gasteiger partial charge < -0.3 is 20.5 Å². The van der Waals surface area contributed by atoms with E-state index in [9.17, 15) is 0 Å². The Balaban J connectivity index is 1.35. The van der Waals surface area contributed by atoms with E-state index in [-0.39, 0.29) is 11.2 Å². The number of fused-ring (bicyclic) bond motifs is 1. The topological polar surface area (TPSA) is 131 Å². The van der Waals surface area contributed by atoms with Crippen LogP contribution in [0.15, 0.2) is 70.4 Å². The minimum atomic E-state index is -0.183. The van der Waals surface area contributed by atoms with Crippen LogP contribution in [0.1, 0.15) is 18.0 Å². The number of benzene rings is 2. The summed E-state index contributed by atoms with van der Waals surface area (Å²) >= 11 is 1.36. The molecule has 5 aromatic rings. The van der Waals surface area contributed by atoms with Crippen molar-refractivity contribution < 1.29 is 4.42 Å². The summed E-state index contributed by atoms with van der Waals surface area (Å²) < 4.78 is 5.89. The molecule has 0 amide bonds. The maximum absolute atomic E-state index is 5.90. The highest BCUT2D eigenvalue weighted by Gasteiger charge is 2.19. The maximum atomic E-state index is 5.90. The lowest BCUT2D eigenvalue weighted by Crippen LogP contribution is -2.08. The van der Waals surface area contributed by atoms with Crippen molar-refractivity contribution in [1.82, 2.24) is 30.1 Å². The average Bonchev–Trinajstić information content (AvgIpc) is 3.41. The summed E-state index contributed by atoms with van der Waals surface area (Å²) in [4.78, 5) is 16.1. The van der Waals surface area contributed by atoms with Crippen LogP contribution in [0.5, 0.6) is 0 Å². The monoisotopic (exact) mass is 430 g/mol. The van der Waals surface area contributed by atoms with Crippen molar-refractivity contribution in [3.8, 4) is 11.5 Å². The molecular weight excluding hydrogens is 412 g/mol. The lowest BCUT2D eigenvalue weighted by Gasteiger charge is -2.10. The minimum Gasteiger partial charge on any atom is -0.411 e. The number of thioether (sulfide) groups is 1. The molecule has 0 bridgehead atoms. The molecule has 2 aromatic carbocycles. The van der Waals surface area contributed by atoms with E-state index in [1.54, 1.807) is 0 Å². The number of H-pyrrole nitrogens is 1. The molecule has 0 aliphatic rings. The van der Waals surface area contributed by atoms with Crippen molar-refractivity contribution in [3.05, 3.63) is 66.6 Å². The van der Waals surface area contributed by atoms with Crippen LogP contribution in [0.2, 0.25) is 0 Å². The Bertz CT molecular complexity index is 1330. The van der Waals surface area contributed by atoms with Gasteiger partial charge >= 0.3 is 0 Å². The highest BCUT2D eigenvalue weighted by molar-refractivity contribution is 7.99. The van der Waals surface area contributed by atoms with E-state index in [1.807, 2.05) is 67.7 Å². The van der Waals surface area contributed by atoms with Crippen LogP contribution in [-0.2, 0) is 0 Å². The number of nitrogen functional groups attached to an aromatic ring is 1. The van der Waals surface area contributed by atoms with E-state index in [0.29, 0.717) is 22.9 Å². The smallest absolute Gasteiger partial charge is 0.277 e. The van der Waals surface area contributed by atoms with E-state index in [1.165, 1.54) is 11.8 Å². The van der Waals surface area contributed by atoms with Gasteiger partial charge in [0.1, 0.15) is 5.82 Å². The number of nitrogens with zero attached hydrogens (tertiary/aromatic N) is 5. The molecule has 31 heavy (non-hydrogen) atoms. The van der Waals surface area contributed by atoms with Crippen molar-refractivity contribution in [1.29, 1.82) is 0 Å². The Morgan fingerprint density at radius 1 is 1.00 bits per heavy atom. The number of hydrogen-bond acceptors (Lipinski definition) is 9. The molecule has 9 nitrogen and oxygen atoms in total. The molecule has 3 aromatic heterocycles. The van der Waals surface area contributed by atoms with Gasteiger partial charge in [-0.25, -0.2) is 0 Å². The molecule has 0 saturated carbocycles. The Morgan fingerprint density at radius 3 is 2.68 bits per heavy atom. The number of rotatable bonds is 6. The third-order valence-electron chi connectivity index (χ3n) is 4.57. The first kappa shape index (κ1) is 19.1. The summed E-state index contributed by atoms with van der Waals surface area (Å²) in [5, 5.41) is 12.8. The molecule has 1 atom stereocenters. The van der Waals surface area contributed by atoms with E-state index >= 15 is 0 Å². The van der Waals surface area contributed by atoms with Crippen LogP contribution in [0.4, 0.5) is 17.6 Å². The molecule has 5 rings (SSSR count). The molecule has 3 heterocycles. The Labute approximate surface area is 181 Å². The summed E-state index contributed by atoms with van der Waals surface area (Å²) in [5.41, 5.74) is 8.63. The van der Waals surface area contributed by atoms with Crippen molar-refractivity contribution in [2.75, 3.05) is 11.1 Å². The Hall–Kier alpha value is -3.92. The Morgan fingerprint density at radius 2 is 1.81 bits per heavy atom. The zero-order valence-corrected chi connectivity index (χ0v) is 17.3. The van der Waals surface area contributed by atoms with Gasteiger partial charge in [0.25, 0.3) is 11.1 Å². The molecule has 154 valence electrons. The summed E-state index contributed by atoms with van der Waals surface area (Å²) in [6, 6.07) is 17.6. The standard InChI is InChI=1S/C21H18N8OS/c1-12(17-25-19(22)27-20(26-17)24-13-7-3-2-4-8-13)31-21-29-28-18(30-21)15-11-23-16-10-6-5-9-14(15)16/h2-12,23H,1H3,(H3,22,24,25,26,27)/t12-/m1/s1. The van der Waals surface area contributed by atoms with E-state index in [2.05, 4.69) is 35.5 Å². The van der Waals surface area contributed by atoms with Gasteiger partial charge in [-0.1, -0.05) is 48.2 Å². The van der Waals surface area contributed by atoms with Gasteiger partial charge in [-0.05, 0) is 25.1 Å². The number of hydrogen-bond donors (Lipinski definition) is 3. The summed E-state index contributed by atoms with van der Waals surface area (Å²) in [6.07, 6.45) is 1.87. The second-order valence-corrected chi connectivity index (χ2v) is 8.04.